The van der Waals surface area contributed by atoms with Crippen LogP contribution in [0.1, 0.15) is 5.69 Å². The average molecular weight is 204 g/mol. The van der Waals surface area contributed by atoms with Crippen molar-refractivity contribution in [3.8, 4) is 5.88 Å². The van der Waals surface area contributed by atoms with Crippen molar-refractivity contribution in [1.29, 1.82) is 0 Å². The summed E-state index contributed by atoms with van der Waals surface area (Å²) in [6.45, 7) is -3.04. The molecule has 0 amide bonds. The highest BCUT2D eigenvalue weighted by atomic mass is 19.3. The summed E-state index contributed by atoms with van der Waals surface area (Å²) >= 11 is 0. The van der Waals surface area contributed by atoms with Gasteiger partial charge in [-0.15, -0.1) is 0 Å². The first kappa shape index (κ1) is 10.3. The maximum absolute atomic E-state index is 11.8. The van der Waals surface area contributed by atoms with Gasteiger partial charge in [-0.25, -0.2) is 4.98 Å². The van der Waals surface area contributed by atoms with Gasteiger partial charge in [0.15, 0.2) is 0 Å². The van der Waals surface area contributed by atoms with Crippen molar-refractivity contribution in [2.75, 3.05) is 0 Å². The summed E-state index contributed by atoms with van der Waals surface area (Å²) in [4.78, 5) is 17.3. The lowest BCUT2D eigenvalue weighted by atomic mass is 10.3. The van der Waals surface area contributed by atoms with Crippen LogP contribution in [0.5, 0.6) is 5.88 Å². The summed E-state index contributed by atoms with van der Waals surface area (Å²) < 4.78 is 27.6. The Labute approximate surface area is 77.4 Å². The molecular formula is C7H6F2N2O3. The van der Waals surface area contributed by atoms with Crippen LogP contribution in [0.4, 0.5) is 8.78 Å². The predicted molar refractivity (Wildman–Crippen MR) is 40.0 cm³/mol. The van der Waals surface area contributed by atoms with Gasteiger partial charge in [-0.1, -0.05) is 0 Å². The van der Waals surface area contributed by atoms with E-state index in [1.54, 1.807) is 0 Å². The van der Waals surface area contributed by atoms with E-state index in [1.165, 1.54) is 6.20 Å². The van der Waals surface area contributed by atoms with Gasteiger partial charge >= 0.3 is 12.6 Å². The van der Waals surface area contributed by atoms with E-state index in [9.17, 15) is 13.6 Å². The Morgan fingerprint density at radius 2 is 2.14 bits per heavy atom. The van der Waals surface area contributed by atoms with Gasteiger partial charge in [-0.3, -0.25) is 9.78 Å². The van der Waals surface area contributed by atoms with E-state index in [2.05, 4.69) is 14.7 Å². The lowest BCUT2D eigenvalue weighted by Gasteiger charge is -2.05. The fraction of sp³-hybridized carbons (Fsp3) is 0.286. The standard InChI is InChI=1S/C7H6F2N2O3/c8-7(9)14-6-4(3-5(12)13)10-1-2-11-6/h1-2,7H,3H2,(H,12,13). The number of carbonyl (C=O) groups is 1. The van der Waals surface area contributed by atoms with Crippen molar-refractivity contribution in [3.63, 3.8) is 0 Å². The summed E-state index contributed by atoms with van der Waals surface area (Å²) in [6, 6.07) is 0. The molecular weight excluding hydrogens is 198 g/mol. The van der Waals surface area contributed by atoms with E-state index in [1.807, 2.05) is 0 Å². The van der Waals surface area contributed by atoms with Crippen LogP contribution in [-0.2, 0) is 11.2 Å². The molecule has 1 aromatic heterocycles. The highest BCUT2D eigenvalue weighted by Crippen LogP contribution is 2.14. The number of aromatic nitrogens is 2. The topological polar surface area (TPSA) is 72.3 Å². The summed E-state index contributed by atoms with van der Waals surface area (Å²) in [7, 11) is 0. The van der Waals surface area contributed by atoms with Gasteiger partial charge < -0.3 is 9.84 Å². The third kappa shape index (κ3) is 2.92. The molecule has 1 N–H and O–H groups in total. The number of hydrogen-bond acceptors (Lipinski definition) is 4. The Bertz CT molecular complexity index is 332. The van der Waals surface area contributed by atoms with E-state index in [0.717, 1.165) is 6.20 Å². The third-order valence-electron chi connectivity index (χ3n) is 1.26. The molecule has 0 radical (unpaired) electrons. The molecule has 0 atom stereocenters. The van der Waals surface area contributed by atoms with Crippen LogP contribution in [0.25, 0.3) is 0 Å². The van der Waals surface area contributed by atoms with Crippen LogP contribution in [-0.4, -0.2) is 27.7 Å². The molecule has 1 heterocycles. The average Bonchev–Trinajstić information content (AvgIpc) is 2.06. The van der Waals surface area contributed by atoms with E-state index in [0.29, 0.717) is 0 Å². The number of aliphatic carboxylic acids is 1. The fourth-order valence-corrected chi connectivity index (χ4v) is 0.801. The smallest absolute Gasteiger partial charge is 0.388 e. The van der Waals surface area contributed by atoms with Gasteiger partial charge in [0, 0.05) is 12.4 Å². The molecule has 5 nitrogen and oxygen atoms in total. The highest BCUT2D eigenvalue weighted by Gasteiger charge is 2.14. The van der Waals surface area contributed by atoms with Gasteiger partial charge in [-0.05, 0) is 0 Å². The van der Waals surface area contributed by atoms with Crippen molar-refractivity contribution in [2.24, 2.45) is 0 Å². The van der Waals surface area contributed by atoms with Crippen molar-refractivity contribution in [2.45, 2.75) is 13.0 Å². The number of halogens is 2. The summed E-state index contributed by atoms with van der Waals surface area (Å²) in [6.07, 6.45) is 1.84. The number of carboxylic acid groups (broad SMARTS) is 1. The lowest BCUT2D eigenvalue weighted by molar-refractivity contribution is -0.136. The van der Waals surface area contributed by atoms with Crippen molar-refractivity contribution in [1.82, 2.24) is 9.97 Å². The van der Waals surface area contributed by atoms with E-state index >= 15 is 0 Å². The number of ether oxygens (including phenoxy) is 1. The van der Waals surface area contributed by atoms with Gasteiger partial charge in [0.1, 0.15) is 5.69 Å². The zero-order valence-corrected chi connectivity index (χ0v) is 6.85. The van der Waals surface area contributed by atoms with Gasteiger partial charge in [0.2, 0.25) is 5.88 Å². The Kier molecular flexibility index (Phi) is 3.27. The van der Waals surface area contributed by atoms with Gasteiger partial charge in [-0.2, -0.15) is 8.78 Å². The highest BCUT2D eigenvalue weighted by molar-refractivity contribution is 5.70. The van der Waals surface area contributed by atoms with Crippen molar-refractivity contribution >= 4 is 5.97 Å². The monoisotopic (exact) mass is 204 g/mol. The SMILES string of the molecule is O=C(O)Cc1nccnc1OC(F)F. The van der Waals surface area contributed by atoms with E-state index < -0.39 is 24.9 Å². The summed E-state index contributed by atoms with van der Waals surface area (Å²) in [5.41, 5.74) is -0.125. The lowest BCUT2D eigenvalue weighted by Crippen LogP contribution is -2.10. The van der Waals surface area contributed by atoms with Crippen LogP contribution in [0, 0.1) is 0 Å². The molecule has 0 bridgehead atoms. The van der Waals surface area contributed by atoms with Gasteiger partial charge in [0.05, 0.1) is 6.42 Å². The maximum atomic E-state index is 11.8. The number of rotatable bonds is 4. The first-order valence-electron chi connectivity index (χ1n) is 3.56. The molecule has 0 unspecified atom stereocenters. The van der Waals surface area contributed by atoms with E-state index in [4.69, 9.17) is 5.11 Å². The van der Waals surface area contributed by atoms with Crippen LogP contribution in [0.2, 0.25) is 0 Å². The third-order valence-corrected chi connectivity index (χ3v) is 1.26. The number of hydrogen-bond donors (Lipinski definition) is 1. The molecule has 0 aliphatic carbocycles. The summed E-state index contributed by atoms with van der Waals surface area (Å²) in [5, 5.41) is 8.41. The molecule has 7 heteroatoms. The number of carboxylic acids is 1. The second-order valence-electron chi connectivity index (χ2n) is 2.26. The molecule has 1 aromatic rings. The van der Waals surface area contributed by atoms with Gasteiger partial charge in [0.25, 0.3) is 0 Å². The van der Waals surface area contributed by atoms with Crippen LogP contribution in [0.15, 0.2) is 12.4 Å². The second-order valence-corrected chi connectivity index (χ2v) is 2.26. The van der Waals surface area contributed by atoms with Crippen LogP contribution in [0.3, 0.4) is 0 Å². The normalized spacial score (nSPS) is 10.2. The molecule has 0 saturated heterocycles. The molecule has 0 aliphatic rings. The van der Waals surface area contributed by atoms with Crippen molar-refractivity contribution in [3.05, 3.63) is 18.1 Å². The van der Waals surface area contributed by atoms with Crippen LogP contribution < -0.4 is 4.74 Å². The predicted octanol–water partition coefficient (Wildman–Crippen LogP) is 0.705. The van der Waals surface area contributed by atoms with Crippen LogP contribution >= 0.6 is 0 Å². The first-order valence-corrected chi connectivity index (χ1v) is 3.56. The zero-order chi connectivity index (χ0) is 10.6. The van der Waals surface area contributed by atoms with E-state index in [-0.39, 0.29) is 5.69 Å². The Morgan fingerprint density at radius 1 is 1.50 bits per heavy atom. The number of nitrogens with zero attached hydrogens (tertiary/aromatic N) is 2. The minimum atomic E-state index is -3.04. The molecule has 0 saturated carbocycles. The van der Waals surface area contributed by atoms with Crippen molar-refractivity contribution < 1.29 is 23.4 Å². The molecule has 0 spiro atoms. The Morgan fingerprint density at radius 3 is 2.71 bits per heavy atom. The minimum absolute atomic E-state index is 0.125. The Hall–Kier alpha value is -1.79. The largest absolute Gasteiger partial charge is 0.481 e. The molecule has 14 heavy (non-hydrogen) atoms. The first-order chi connectivity index (χ1) is 6.59. The summed E-state index contributed by atoms with van der Waals surface area (Å²) in [5.74, 6) is -1.64. The molecule has 0 fully saturated rings. The zero-order valence-electron chi connectivity index (χ0n) is 6.85. The molecule has 76 valence electrons. The fourth-order valence-electron chi connectivity index (χ4n) is 0.801. The Balaban J connectivity index is 2.85. The number of alkyl halides is 2. The quantitative estimate of drug-likeness (QED) is 0.781. The molecule has 0 aromatic carbocycles. The maximum Gasteiger partial charge on any atom is 0.388 e. The minimum Gasteiger partial charge on any atom is -0.481 e. The molecule has 0 aliphatic heterocycles. The molecule has 1 rings (SSSR count). The second kappa shape index (κ2) is 4.45.